The summed E-state index contributed by atoms with van der Waals surface area (Å²) in [5, 5.41) is 6.79. The van der Waals surface area contributed by atoms with Crippen LogP contribution in [0.25, 0.3) is 88.0 Å². The van der Waals surface area contributed by atoms with Gasteiger partial charge in [0.05, 0.1) is 5.69 Å². The molecule has 1 heterocycles. The number of hydrogen-bond acceptors (Lipinski definition) is 2. The van der Waals surface area contributed by atoms with Gasteiger partial charge >= 0.3 is 0 Å². The second kappa shape index (κ2) is 14.1. The molecule has 0 N–H and O–H groups in total. The van der Waals surface area contributed by atoms with E-state index in [4.69, 9.17) is 4.42 Å². The third-order valence-electron chi connectivity index (χ3n) is 11.4. The summed E-state index contributed by atoms with van der Waals surface area (Å²) in [5.41, 5.74) is 14.5. The van der Waals surface area contributed by atoms with E-state index in [0.29, 0.717) is 0 Å². The van der Waals surface area contributed by atoms with Crippen LogP contribution in [-0.2, 0) is 0 Å². The van der Waals surface area contributed by atoms with E-state index in [1.165, 1.54) is 44.2 Å². The summed E-state index contributed by atoms with van der Waals surface area (Å²) >= 11 is 0. The summed E-state index contributed by atoms with van der Waals surface area (Å²) in [6, 6.07) is 80.6. The van der Waals surface area contributed by atoms with Crippen molar-refractivity contribution in [1.29, 1.82) is 0 Å². The summed E-state index contributed by atoms with van der Waals surface area (Å²) < 4.78 is 6.88. The Kier molecular flexibility index (Phi) is 8.19. The highest BCUT2D eigenvalue weighted by Gasteiger charge is 2.23. The average molecular weight is 740 g/mol. The van der Waals surface area contributed by atoms with Crippen molar-refractivity contribution >= 4 is 60.5 Å². The zero-order valence-electron chi connectivity index (χ0n) is 31.7. The van der Waals surface area contributed by atoms with Gasteiger partial charge in [-0.25, -0.2) is 0 Å². The molecule has 11 rings (SSSR count). The van der Waals surface area contributed by atoms with E-state index < -0.39 is 0 Å². The van der Waals surface area contributed by atoms with Crippen LogP contribution in [0.5, 0.6) is 0 Å². The van der Waals surface area contributed by atoms with Gasteiger partial charge < -0.3 is 9.32 Å². The van der Waals surface area contributed by atoms with E-state index in [9.17, 15) is 0 Å². The molecule has 2 heteroatoms. The van der Waals surface area contributed by atoms with Crippen LogP contribution in [-0.4, -0.2) is 0 Å². The van der Waals surface area contributed by atoms with Crippen LogP contribution in [0.4, 0.5) is 17.1 Å². The first-order valence-corrected chi connectivity index (χ1v) is 19.8. The molecule has 0 spiro atoms. The zero-order chi connectivity index (χ0) is 38.4. The van der Waals surface area contributed by atoms with Crippen LogP contribution in [0.3, 0.4) is 0 Å². The van der Waals surface area contributed by atoms with Gasteiger partial charge in [0.25, 0.3) is 0 Å². The quantitative estimate of drug-likeness (QED) is 0.162. The Hall–Kier alpha value is -7.68. The lowest BCUT2D eigenvalue weighted by atomic mass is 9.91. The number of benzene rings is 10. The summed E-state index contributed by atoms with van der Waals surface area (Å²) in [5.74, 6) is 0. The number of fused-ring (bicyclic) bond motifs is 6. The fraction of sp³-hybridized carbons (Fsp3) is 0. The summed E-state index contributed by atoms with van der Waals surface area (Å²) in [4.78, 5) is 2.43. The molecule has 0 bridgehead atoms. The molecule has 0 unspecified atom stereocenters. The smallest absolute Gasteiger partial charge is 0.143 e. The van der Waals surface area contributed by atoms with Crippen molar-refractivity contribution in [2.45, 2.75) is 0 Å². The average Bonchev–Trinajstić information content (AvgIpc) is 3.69. The maximum Gasteiger partial charge on any atom is 0.143 e. The topological polar surface area (TPSA) is 16.4 Å². The van der Waals surface area contributed by atoms with Crippen molar-refractivity contribution in [3.8, 4) is 44.5 Å². The molecule has 58 heavy (non-hydrogen) atoms. The lowest BCUT2D eigenvalue weighted by molar-refractivity contribution is 0.673. The minimum atomic E-state index is 0.871. The molecule has 0 saturated heterocycles. The van der Waals surface area contributed by atoms with Gasteiger partial charge in [-0.2, -0.15) is 0 Å². The fourth-order valence-corrected chi connectivity index (χ4v) is 8.68. The number of rotatable bonds is 7. The molecule has 10 aromatic carbocycles. The van der Waals surface area contributed by atoms with E-state index in [1.54, 1.807) is 0 Å². The first kappa shape index (κ1) is 33.6. The molecule has 2 nitrogen and oxygen atoms in total. The van der Waals surface area contributed by atoms with Gasteiger partial charge in [-0.05, 0) is 91.7 Å². The Bertz CT molecular complexity index is 3270. The minimum Gasteiger partial charge on any atom is -0.455 e. The second-order valence-electron chi connectivity index (χ2n) is 14.9. The molecule has 0 fully saturated rings. The van der Waals surface area contributed by atoms with Gasteiger partial charge in [-0.15, -0.1) is 0 Å². The van der Waals surface area contributed by atoms with Crippen molar-refractivity contribution < 1.29 is 4.42 Å². The molecular weight excluding hydrogens is 703 g/mol. The Morgan fingerprint density at radius 1 is 0.310 bits per heavy atom. The Labute approximate surface area is 337 Å². The predicted molar refractivity (Wildman–Crippen MR) is 245 cm³/mol. The number of anilines is 3. The highest BCUT2D eigenvalue weighted by molar-refractivity contribution is 6.23. The normalized spacial score (nSPS) is 11.4. The largest absolute Gasteiger partial charge is 0.455 e. The van der Waals surface area contributed by atoms with E-state index >= 15 is 0 Å². The lowest BCUT2D eigenvalue weighted by Gasteiger charge is -2.28. The SMILES string of the molecule is c1ccc(-c2ccc(-c3cccc(N(c4ccc5ccccc5c4)c4cc5c(oc6cccc(-c7ccccc7-c7ccccc7)c65)c5ccccc45)c3)cc2)cc1. The number of hydrogen-bond donors (Lipinski definition) is 0. The van der Waals surface area contributed by atoms with Gasteiger partial charge in [0.1, 0.15) is 11.2 Å². The van der Waals surface area contributed by atoms with Gasteiger partial charge in [-0.3, -0.25) is 0 Å². The Morgan fingerprint density at radius 2 is 0.879 bits per heavy atom. The lowest BCUT2D eigenvalue weighted by Crippen LogP contribution is -2.10. The van der Waals surface area contributed by atoms with E-state index in [1.807, 2.05) is 0 Å². The van der Waals surface area contributed by atoms with Crippen LogP contribution < -0.4 is 4.90 Å². The third-order valence-corrected chi connectivity index (χ3v) is 11.4. The molecule has 0 amide bonds. The third kappa shape index (κ3) is 5.82. The van der Waals surface area contributed by atoms with Crippen molar-refractivity contribution in [2.75, 3.05) is 4.90 Å². The van der Waals surface area contributed by atoms with Crippen LogP contribution in [0, 0.1) is 0 Å². The molecule has 0 atom stereocenters. The summed E-state index contributed by atoms with van der Waals surface area (Å²) in [6.45, 7) is 0. The Morgan fingerprint density at radius 3 is 1.67 bits per heavy atom. The van der Waals surface area contributed by atoms with Crippen LogP contribution in [0.15, 0.2) is 229 Å². The van der Waals surface area contributed by atoms with Gasteiger partial charge in [0, 0.05) is 32.9 Å². The molecule has 272 valence electrons. The first-order valence-electron chi connectivity index (χ1n) is 19.8. The number of furan rings is 1. The van der Waals surface area contributed by atoms with Crippen molar-refractivity contribution in [1.82, 2.24) is 0 Å². The highest BCUT2D eigenvalue weighted by Crippen LogP contribution is 2.48. The van der Waals surface area contributed by atoms with E-state index in [2.05, 4.69) is 229 Å². The van der Waals surface area contributed by atoms with Gasteiger partial charge in [0.15, 0.2) is 0 Å². The fourth-order valence-electron chi connectivity index (χ4n) is 8.68. The zero-order valence-corrected chi connectivity index (χ0v) is 31.7. The second-order valence-corrected chi connectivity index (χ2v) is 14.9. The first-order chi connectivity index (χ1) is 28.8. The molecular formula is C56H37NO. The maximum absolute atomic E-state index is 6.88. The molecule has 1 aromatic heterocycles. The Balaban J connectivity index is 1.15. The van der Waals surface area contributed by atoms with Gasteiger partial charge in [-0.1, -0.05) is 188 Å². The van der Waals surface area contributed by atoms with Gasteiger partial charge in [0.2, 0.25) is 0 Å². The molecule has 0 radical (unpaired) electrons. The minimum absolute atomic E-state index is 0.871. The van der Waals surface area contributed by atoms with Crippen LogP contribution >= 0.6 is 0 Å². The molecule has 11 aromatic rings. The van der Waals surface area contributed by atoms with E-state index in [-0.39, 0.29) is 0 Å². The van der Waals surface area contributed by atoms with Crippen molar-refractivity contribution in [3.63, 3.8) is 0 Å². The van der Waals surface area contributed by atoms with Crippen molar-refractivity contribution in [2.24, 2.45) is 0 Å². The summed E-state index contributed by atoms with van der Waals surface area (Å²) in [6.07, 6.45) is 0. The predicted octanol–water partition coefficient (Wildman–Crippen LogP) is 16.0. The molecule has 0 aliphatic carbocycles. The molecule has 0 saturated carbocycles. The molecule has 0 aliphatic rings. The van der Waals surface area contributed by atoms with E-state index in [0.717, 1.165) is 60.9 Å². The monoisotopic (exact) mass is 739 g/mol. The summed E-state index contributed by atoms with van der Waals surface area (Å²) in [7, 11) is 0. The van der Waals surface area contributed by atoms with Crippen molar-refractivity contribution in [3.05, 3.63) is 224 Å². The highest BCUT2D eigenvalue weighted by atomic mass is 16.3. The van der Waals surface area contributed by atoms with Crippen LogP contribution in [0.1, 0.15) is 0 Å². The number of nitrogens with zero attached hydrogens (tertiary/aromatic N) is 1. The van der Waals surface area contributed by atoms with Crippen LogP contribution in [0.2, 0.25) is 0 Å². The maximum atomic E-state index is 6.88. The standard InChI is InChI=1S/C56H37NO/c1-3-15-38(16-4-1)40-29-31-41(32-30-40)44-21-13-22-45(35-44)57(46-34-33-39-17-7-8-20-43(39)36-46)53-37-52-55-50(48-24-10-9-23-47(48)42-18-5-2-6-19-42)27-14-28-54(55)58-56(52)51-26-12-11-25-49(51)53/h1-37H. The molecule has 0 aliphatic heterocycles.